The molecule has 1 aromatic rings. The smallest absolute Gasteiger partial charge is 0.353 e. The van der Waals surface area contributed by atoms with Crippen molar-refractivity contribution in [2.75, 3.05) is 18.1 Å². The van der Waals surface area contributed by atoms with Gasteiger partial charge in [0.15, 0.2) is 0 Å². The zero-order chi connectivity index (χ0) is 8.43. The van der Waals surface area contributed by atoms with Crippen LogP contribution in [0, 0.1) is 0 Å². The summed E-state index contributed by atoms with van der Waals surface area (Å²) in [6.45, 7) is 0. The van der Waals surface area contributed by atoms with Crippen molar-refractivity contribution in [1.82, 2.24) is 14.5 Å². The maximum Gasteiger partial charge on any atom is 0.353 e. The molecule has 0 unspecified atom stereocenters. The van der Waals surface area contributed by atoms with E-state index >= 15 is 0 Å². The summed E-state index contributed by atoms with van der Waals surface area (Å²) in [6.07, 6.45) is 0. The Bertz CT molecular complexity index is 317. The van der Waals surface area contributed by atoms with Crippen LogP contribution in [0.25, 0.3) is 0 Å². The second-order valence-electron chi connectivity index (χ2n) is 2.00. The molecule has 0 aliphatic rings. The SMILES string of the molecule is CNc1nc(N)nc(=O)n1C. The van der Waals surface area contributed by atoms with Gasteiger partial charge >= 0.3 is 5.69 Å². The van der Waals surface area contributed by atoms with E-state index < -0.39 is 5.69 Å². The molecule has 0 spiro atoms. The molecule has 0 saturated carbocycles. The van der Waals surface area contributed by atoms with Crippen LogP contribution in [0.5, 0.6) is 0 Å². The van der Waals surface area contributed by atoms with E-state index in [4.69, 9.17) is 5.73 Å². The molecule has 1 aromatic heterocycles. The summed E-state index contributed by atoms with van der Waals surface area (Å²) >= 11 is 0. The first kappa shape index (κ1) is 7.52. The molecule has 1 rings (SSSR count). The molecule has 6 nitrogen and oxygen atoms in total. The quantitative estimate of drug-likeness (QED) is 0.532. The van der Waals surface area contributed by atoms with Crippen LogP contribution in [0.15, 0.2) is 4.79 Å². The fraction of sp³-hybridized carbons (Fsp3) is 0.400. The molecule has 11 heavy (non-hydrogen) atoms. The standard InChI is InChI=1S/C5H9N5O/c1-7-4-8-3(6)9-5(11)10(4)2/h1-2H3,(H3,6,7,8,9,11). The average molecular weight is 155 g/mol. The maximum absolute atomic E-state index is 10.9. The molecule has 0 aromatic carbocycles. The number of aromatic nitrogens is 3. The Hall–Kier alpha value is -1.59. The Labute approximate surface area is 63.1 Å². The van der Waals surface area contributed by atoms with Crippen molar-refractivity contribution in [3.05, 3.63) is 10.5 Å². The van der Waals surface area contributed by atoms with E-state index in [2.05, 4.69) is 15.3 Å². The van der Waals surface area contributed by atoms with E-state index in [0.717, 1.165) is 0 Å². The minimum Gasteiger partial charge on any atom is -0.368 e. The maximum atomic E-state index is 10.9. The molecule has 0 fully saturated rings. The highest BCUT2D eigenvalue weighted by atomic mass is 16.1. The molecule has 0 aliphatic carbocycles. The third kappa shape index (κ3) is 1.28. The van der Waals surface area contributed by atoms with Gasteiger partial charge in [0, 0.05) is 14.1 Å². The lowest BCUT2D eigenvalue weighted by Gasteiger charge is -2.03. The van der Waals surface area contributed by atoms with E-state index in [9.17, 15) is 4.79 Å². The van der Waals surface area contributed by atoms with Crippen molar-refractivity contribution in [3.8, 4) is 0 Å². The average Bonchev–Trinajstić information content (AvgIpc) is 1.96. The third-order valence-corrected chi connectivity index (χ3v) is 1.26. The van der Waals surface area contributed by atoms with Crippen molar-refractivity contribution in [2.24, 2.45) is 7.05 Å². The van der Waals surface area contributed by atoms with Gasteiger partial charge in [0.1, 0.15) is 0 Å². The van der Waals surface area contributed by atoms with Gasteiger partial charge in [-0.25, -0.2) is 4.79 Å². The number of nitrogens with two attached hydrogens (primary N) is 1. The fourth-order valence-corrected chi connectivity index (χ4v) is 0.696. The zero-order valence-electron chi connectivity index (χ0n) is 6.33. The van der Waals surface area contributed by atoms with Crippen LogP contribution < -0.4 is 16.7 Å². The predicted octanol–water partition coefficient (Wildman–Crippen LogP) is -1.20. The third-order valence-electron chi connectivity index (χ3n) is 1.26. The van der Waals surface area contributed by atoms with Crippen molar-refractivity contribution >= 4 is 11.9 Å². The van der Waals surface area contributed by atoms with Crippen molar-refractivity contribution < 1.29 is 0 Å². The lowest BCUT2D eigenvalue weighted by atomic mass is 10.8. The number of nitrogen functional groups attached to an aromatic ring is 1. The Morgan fingerprint density at radius 3 is 2.73 bits per heavy atom. The number of rotatable bonds is 1. The summed E-state index contributed by atoms with van der Waals surface area (Å²) in [6, 6.07) is 0. The van der Waals surface area contributed by atoms with E-state index in [1.54, 1.807) is 14.1 Å². The lowest BCUT2D eigenvalue weighted by Crippen LogP contribution is -2.25. The summed E-state index contributed by atoms with van der Waals surface area (Å²) in [5, 5.41) is 2.71. The van der Waals surface area contributed by atoms with Gasteiger partial charge in [0.05, 0.1) is 0 Å². The molecular formula is C5H9N5O. The molecule has 6 heteroatoms. The van der Waals surface area contributed by atoms with Crippen molar-refractivity contribution in [1.29, 1.82) is 0 Å². The van der Waals surface area contributed by atoms with Gasteiger partial charge in [-0.1, -0.05) is 0 Å². The first-order valence-corrected chi connectivity index (χ1v) is 3.03. The lowest BCUT2D eigenvalue weighted by molar-refractivity contribution is 0.787. The second-order valence-corrected chi connectivity index (χ2v) is 2.00. The molecule has 1 heterocycles. The fourth-order valence-electron chi connectivity index (χ4n) is 0.696. The normalized spacial score (nSPS) is 9.64. The highest BCUT2D eigenvalue weighted by Crippen LogP contribution is 1.95. The van der Waals surface area contributed by atoms with Gasteiger partial charge in [-0.3, -0.25) is 4.57 Å². The molecular weight excluding hydrogens is 146 g/mol. The van der Waals surface area contributed by atoms with Crippen LogP contribution >= 0.6 is 0 Å². The largest absolute Gasteiger partial charge is 0.368 e. The molecule has 0 radical (unpaired) electrons. The number of anilines is 2. The zero-order valence-corrected chi connectivity index (χ0v) is 6.33. The first-order valence-electron chi connectivity index (χ1n) is 3.03. The number of nitrogens with one attached hydrogen (secondary N) is 1. The topological polar surface area (TPSA) is 85.8 Å². The van der Waals surface area contributed by atoms with Crippen LogP contribution in [0.1, 0.15) is 0 Å². The summed E-state index contributed by atoms with van der Waals surface area (Å²) in [5.41, 5.74) is 4.81. The Kier molecular flexibility index (Phi) is 1.75. The monoisotopic (exact) mass is 155 g/mol. The molecule has 0 aliphatic heterocycles. The van der Waals surface area contributed by atoms with Gasteiger partial charge in [-0.05, 0) is 0 Å². The van der Waals surface area contributed by atoms with Gasteiger partial charge in [0.2, 0.25) is 11.9 Å². The van der Waals surface area contributed by atoms with Crippen LogP contribution in [0.3, 0.4) is 0 Å². The van der Waals surface area contributed by atoms with Crippen LogP contribution in [-0.2, 0) is 7.05 Å². The molecule has 0 bridgehead atoms. The van der Waals surface area contributed by atoms with Gasteiger partial charge < -0.3 is 11.1 Å². The molecule has 0 amide bonds. The van der Waals surface area contributed by atoms with Crippen LogP contribution in [0.2, 0.25) is 0 Å². The minimum absolute atomic E-state index is 0.0162. The second kappa shape index (κ2) is 2.57. The number of hydrogen-bond donors (Lipinski definition) is 2. The molecule has 60 valence electrons. The van der Waals surface area contributed by atoms with E-state index in [0.29, 0.717) is 5.95 Å². The van der Waals surface area contributed by atoms with Gasteiger partial charge in [-0.15, -0.1) is 0 Å². The molecule has 0 saturated heterocycles. The Morgan fingerprint density at radius 1 is 1.55 bits per heavy atom. The molecule has 0 atom stereocenters. The summed E-state index contributed by atoms with van der Waals surface area (Å²) < 4.78 is 1.27. The van der Waals surface area contributed by atoms with Gasteiger partial charge in [-0.2, -0.15) is 9.97 Å². The van der Waals surface area contributed by atoms with E-state index in [-0.39, 0.29) is 5.95 Å². The highest BCUT2D eigenvalue weighted by Gasteiger charge is 2.00. The van der Waals surface area contributed by atoms with Gasteiger partial charge in [0.25, 0.3) is 0 Å². The highest BCUT2D eigenvalue weighted by molar-refractivity contribution is 5.29. The summed E-state index contributed by atoms with van der Waals surface area (Å²) in [7, 11) is 3.22. The van der Waals surface area contributed by atoms with Crippen molar-refractivity contribution in [2.45, 2.75) is 0 Å². The van der Waals surface area contributed by atoms with Crippen molar-refractivity contribution in [3.63, 3.8) is 0 Å². The Morgan fingerprint density at radius 2 is 2.18 bits per heavy atom. The molecule has 3 N–H and O–H groups in total. The van der Waals surface area contributed by atoms with Crippen LogP contribution in [-0.4, -0.2) is 21.6 Å². The van der Waals surface area contributed by atoms with E-state index in [1.807, 2.05) is 0 Å². The summed E-state index contributed by atoms with van der Waals surface area (Å²) in [5.74, 6) is 0.389. The number of nitrogens with zero attached hydrogens (tertiary/aromatic N) is 3. The minimum atomic E-state index is -0.415. The first-order chi connectivity index (χ1) is 5.15. The van der Waals surface area contributed by atoms with Crippen LogP contribution in [0.4, 0.5) is 11.9 Å². The predicted molar refractivity (Wildman–Crippen MR) is 41.2 cm³/mol. The summed E-state index contributed by atoms with van der Waals surface area (Å²) in [4.78, 5) is 18.1. The number of hydrogen-bond acceptors (Lipinski definition) is 5. The van der Waals surface area contributed by atoms with E-state index in [1.165, 1.54) is 4.57 Å². The Balaban J connectivity index is 3.36.